The van der Waals surface area contributed by atoms with E-state index in [4.69, 9.17) is 5.26 Å². The van der Waals surface area contributed by atoms with Crippen LogP contribution in [0, 0.1) is 11.3 Å². The van der Waals surface area contributed by atoms with Crippen molar-refractivity contribution >= 4 is 11.5 Å². The van der Waals surface area contributed by atoms with Gasteiger partial charge in [0.1, 0.15) is 6.07 Å². The molecule has 0 radical (unpaired) electrons. The number of hydrogen-bond donors (Lipinski definition) is 0. The average Bonchev–Trinajstić information content (AvgIpc) is 2.68. The lowest BCUT2D eigenvalue weighted by Gasteiger charge is -2.08. The summed E-state index contributed by atoms with van der Waals surface area (Å²) in [6.45, 7) is -3.09. The minimum absolute atomic E-state index is 0.117. The molecule has 0 saturated carbocycles. The van der Waals surface area contributed by atoms with Crippen molar-refractivity contribution in [2.24, 2.45) is 4.99 Å². The van der Waals surface area contributed by atoms with Crippen LogP contribution in [0.3, 0.4) is 0 Å². The third kappa shape index (κ3) is 4.05. The fourth-order valence-corrected chi connectivity index (χ4v) is 2.27. The van der Waals surface area contributed by atoms with E-state index in [0.29, 0.717) is 5.71 Å². The molecule has 3 rings (SSSR count). The Balaban J connectivity index is 2.08. The summed E-state index contributed by atoms with van der Waals surface area (Å²) in [5, 5.41) is 9.10. The second-order valence-corrected chi connectivity index (χ2v) is 5.06. The van der Waals surface area contributed by atoms with E-state index in [9.17, 15) is 8.78 Å². The first kappa shape index (κ1) is 17.2. The molecule has 0 unspecified atom stereocenters. The van der Waals surface area contributed by atoms with E-state index in [1.165, 1.54) is 6.20 Å². The Morgan fingerprint density at radius 2 is 1.58 bits per heavy atom. The van der Waals surface area contributed by atoms with Crippen LogP contribution in [0.5, 0.6) is 5.88 Å². The molecule has 0 aliphatic carbocycles. The van der Waals surface area contributed by atoms with Crippen LogP contribution in [0.25, 0.3) is 0 Å². The van der Waals surface area contributed by atoms with Crippen molar-refractivity contribution in [2.45, 2.75) is 6.61 Å². The molecule has 128 valence electrons. The third-order valence-corrected chi connectivity index (χ3v) is 3.35. The number of alkyl halides is 2. The summed E-state index contributed by atoms with van der Waals surface area (Å²) in [7, 11) is 0. The summed E-state index contributed by atoms with van der Waals surface area (Å²) in [5.41, 5.74) is 1.94. The van der Waals surface area contributed by atoms with Crippen molar-refractivity contribution in [1.29, 1.82) is 5.26 Å². The number of nitrogens with zero attached hydrogens (tertiary/aromatic N) is 4. The summed E-state index contributed by atoms with van der Waals surface area (Å²) in [6.07, 6.45) is 1.18. The number of rotatable bonds is 5. The summed E-state index contributed by atoms with van der Waals surface area (Å²) < 4.78 is 28.9. The zero-order valence-corrected chi connectivity index (χ0v) is 13.4. The molecular formula is C19H12F2N4O. The van der Waals surface area contributed by atoms with E-state index in [1.54, 1.807) is 6.07 Å². The summed E-state index contributed by atoms with van der Waals surface area (Å²) >= 11 is 0. The number of hydrogen-bond acceptors (Lipinski definition) is 5. The SMILES string of the molecule is N#Cc1nc(N=C(c2ccccc2)c2ccccc2)cnc1OC(F)F. The smallest absolute Gasteiger partial charge is 0.388 e. The molecule has 0 fully saturated rings. The van der Waals surface area contributed by atoms with E-state index in [1.807, 2.05) is 60.7 Å². The van der Waals surface area contributed by atoms with E-state index in [-0.39, 0.29) is 11.5 Å². The van der Waals surface area contributed by atoms with Crippen molar-refractivity contribution in [3.05, 3.63) is 83.7 Å². The van der Waals surface area contributed by atoms with Gasteiger partial charge in [0.2, 0.25) is 5.69 Å². The Kier molecular flexibility index (Phi) is 5.25. The molecule has 0 saturated heterocycles. The number of nitriles is 1. The van der Waals surface area contributed by atoms with Gasteiger partial charge in [-0.05, 0) is 0 Å². The van der Waals surface area contributed by atoms with E-state index in [2.05, 4.69) is 19.7 Å². The number of benzene rings is 2. The van der Waals surface area contributed by atoms with Gasteiger partial charge in [0.25, 0.3) is 5.88 Å². The van der Waals surface area contributed by atoms with Gasteiger partial charge in [-0.2, -0.15) is 14.0 Å². The first-order chi connectivity index (χ1) is 12.7. The molecule has 0 aliphatic rings. The van der Waals surface area contributed by atoms with Crippen molar-refractivity contribution in [3.63, 3.8) is 0 Å². The van der Waals surface area contributed by atoms with Gasteiger partial charge in [-0.15, -0.1) is 0 Å². The van der Waals surface area contributed by atoms with Gasteiger partial charge in [0.05, 0.1) is 11.9 Å². The van der Waals surface area contributed by atoms with Crippen LogP contribution in [0.2, 0.25) is 0 Å². The van der Waals surface area contributed by atoms with Crippen molar-refractivity contribution in [1.82, 2.24) is 9.97 Å². The maximum atomic E-state index is 12.4. The molecule has 5 nitrogen and oxygen atoms in total. The van der Waals surface area contributed by atoms with Gasteiger partial charge in [-0.1, -0.05) is 60.7 Å². The molecule has 0 spiro atoms. The monoisotopic (exact) mass is 350 g/mol. The highest BCUT2D eigenvalue weighted by Crippen LogP contribution is 2.21. The van der Waals surface area contributed by atoms with Gasteiger partial charge < -0.3 is 4.74 Å². The zero-order chi connectivity index (χ0) is 18.4. The standard InChI is InChI=1S/C19H12F2N4O/c20-19(21)26-18-15(11-22)24-16(12-23-18)25-17(13-7-3-1-4-8-13)14-9-5-2-6-10-14/h1-10,12,19H. The van der Waals surface area contributed by atoms with Gasteiger partial charge in [-0.3, -0.25) is 0 Å². The molecule has 7 heteroatoms. The molecule has 2 aromatic carbocycles. The van der Waals surface area contributed by atoms with Crippen LogP contribution in [-0.4, -0.2) is 22.3 Å². The molecule has 0 atom stereocenters. The predicted octanol–water partition coefficient (Wildman–Crippen LogP) is 4.12. The Bertz CT molecular complexity index is 913. The van der Waals surface area contributed by atoms with Crippen molar-refractivity contribution < 1.29 is 13.5 Å². The van der Waals surface area contributed by atoms with Crippen LogP contribution in [-0.2, 0) is 0 Å². The van der Waals surface area contributed by atoms with Crippen LogP contribution in [0.1, 0.15) is 16.8 Å². The molecule has 1 aromatic heterocycles. The third-order valence-electron chi connectivity index (χ3n) is 3.35. The largest absolute Gasteiger partial charge is 0.414 e. The lowest BCUT2D eigenvalue weighted by Crippen LogP contribution is -2.07. The van der Waals surface area contributed by atoms with E-state index >= 15 is 0 Å². The van der Waals surface area contributed by atoms with E-state index in [0.717, 1.165) is 11.1 Å². The Hall–Kier alpha value is -3.66. The van der Waals surface area contributed by atoms with E-state index < -0.39 is 12.5 Å². The summed E-state index contributed by atoms with van der Waals surface area (Å²) in [5.74, 6) is -0.409. The number of ether oxygens (including phenoxy) is 1. The fraction of sp³-hybridized carbons (Fsp3) is 0.0526. The molecule has 0 amide bonds. The minimum atomic E-state index is -3.09. The van der Waals surface area contributed by atoms with Crippen LogP contribution in [0.4, 0.5) is 14.6 Å². The van der Waals surface area contributed by atoms with Crippen molar-refractivity contribution in [2.75, 3.05) is 0 Å². The first-order valence-electron chi connectivity index (χ1n) is 7.59. The second kappa shape index (κ2) is 7.94. The lowest BCUT2D eigenvalue weighted by molar-refractivity contribution is -0.0533. The van der Waals surface area contributed by atoms with Gasteiger partial charge >= 0.3 is 6.61 Å². The Labute approximate surface area is 148 Å². The topological polar surface area (TPSA) is 71.2 Å². The lowest BCUT2D eigenvalue weighted by atomic mass is 10.0. The molecule has 3 aromatic rings. The second-order valence-electron chi connectivity index (χ2n) is 5.06. The Morgan fingerprint density at radius 3 is 2.08 bits per heavy atom. The van der Waals surface area contributed by atoms with Crippen LogP contribution in [0.15, 0.2) is 71.9 Å². The maximum absolute atomic E-state index is 12.4. The van der Waals surface area contributed by atoms with Gasteiger partial charge in [0, 0.05) is 11.1 Å². The first-order valence-corrected chi connectivity index (χ1v) is 7.59. The van der Waals surface area contributed by atoms with Crippen LogP contribution < -0.4 is 4.74 Å². The minimum Gasteiger partial charge on any atom is -0.414 e. The summed E-state index contributed by atoms with van der Waals surface area (Å²) in [4.78, 5) is 12.2. The molecule has 0 bridgehead atoms. The highest BCUT2D eigenvalue weighted by molar-refractivity contribution is 6.13. The Morgan fingerprint density at radius 1 is 1.00 bits per heavy atom. The highest BCUT2D eigenvalue weighted by atomic mass is 19.3. The maximum Gasteiger partial charge on any atom is 0.388 e. The fourth-order valence-electron chi connectivity index (χ4n) is 2.27. The quantitative estimate of drug-likeness (QED) is 0.649. The summed E-state index contributed by atoms with van der Waals surface area (Å²) in [6, 6.07) is 20.5. The van der Waals surface area contributed by atoms with Gasteiger partial charge in [0.15, 0.2) is 5.82 Å². The molecule has 0 N–H and O–H groups in total. The number of aliphatic imine (C=N–C) groups is 1. The number of halogens is 2. The molecular weight excluding hydrogens is 338 g/mol. The predicted molar refractivity (Wildman–Crippen MR) is 91.6 cm³/mol. The van der Waals surface area contributed by atoms with Crippen molar-refractivity contribution in [3.8, 4) is 11.9 Å². The highest BCUT2D eigenvalue weighted by Gasteiger charge is 2.14. The average molecular weight is 350 g/mol. The molecule has 1 heterocycles. The zero-order valence-electron chi connectivity index (χ0n) is 13.4. The van der Waals surface area contributed by atoms with Gasteiger partial charge in [-0.25, -0.2) is 15.0 Å². The van der Waals surface area contributed by atoms with Crippen LogP contribution >= 0.6 is 0 Å². The molecule has 0 aliphatic heterocycles. The number of aromatic nitrogens is 2. The molecule has 26 heavy (non-hydrogen) atoms. The normalized spacial score (nSPS) is 10.2.